The monoisotopic (exact) mass is 279 g/mol. The Morgan fingerprint density at radius 3 is 1.86 bits per heavy atom. The molecule has 0 saturated heterocycles. The Bertz CT molecular complexity index is 676. The maximum atomic E-state index is 11.7. The summed E-state index contributed by atoms with van der Waals surface area (Å²) in [6, 6.07) is 19.0. The van der Waals surface area contributed by atoms with Gasteiger partial charge < -0.3 is 0 Å². The Morgan fingerprint density at radius 2 is 1.29 bits per heavy atom. The van der Waals surface area contributed by atoms with Gasteiger partial charge in [0.05, 0.1) is 0 Å². The van der Waals surface area contributed by atoms with Crippen LogP contribution in [0.15, 0.2) is 65.5 Å². The van der Waals surface area contributed by atoms with Gasteiger partial charge in [0, 0.05) is 11.1 Å². The van der Waals surface area contributed by atoms with Gasteiger partial charge in [-0.2, -0.15) is 4.98 Å². The second-order valence-electron chi connectivity index (χ2n) is 4.06. The Morgan fingerprint density at radius 1 is 0.762 bits per heavy atom. The van der Waals surface area contributed by atoms with Crippen molar-refractivity contribution >= 4 is 0 Å². The molecule has 0 saturated carbocycles. The highest BCUT2D eigenvalue weighted by molar-refractivity contribution is 5.60. The molecule has 0 unspecified atom stereocenters. The second-order valence-corrected chi connectivity index (χ2v) is 4.06. The number of H-pyrrole nitrogens is 1. The minimum atomic E-state index is -0.396. The van der Waals surface area contributed by atoms with E-state index < -0.39 is 5.69 Å². The van der Waals surface area contributed by atoms with E-state index in [1.165, 1.54) is 0 Å². The van der Waals surface area contributed by atoms with Crippen LogP contribution in [0.3, 0.4) is 0 Å². The van der Waals surface area contributed by atoms with E-state index in [1.54, 1.807) is 0 Å². The number of hydrogen-bond acceptors (Lipinski definition) is 3. The molecule has 0 radical (unpaired) electrons. The zero-order chi connectivity index (χ0) is 15.1. The van der Waals surface area contributed by atoms with Gasteiger partial charge in [0.1, 0.15) is 5.82 Å². The smallest absolute Gasteiger partial charge is 0.290 e. The summed E-state index contributed by atoms with van der Waals surface area (Å²) in [7, 11) is 0. The number of benzene rings is 2. The van der Waals surface area contributed by atoms with Crippen LogP contribution < -0.4 is 5.69 Å². The topological polar surface area (TPSA) is 58.6 Å². The lowest BCUT2D eigenvalue weighted by Gasteiger charge is -2.03. The maximum Gasteiger partial charge on any atom is 0.348 e. The summed E-state index contributed by atoms with van der Waals surface area (Å²) >= 11 is 0. The van der Waals surface area contributed by atoms with Gasteiger partial charge in [0.15, 0.2) is 5.82 Å². The van der Waals surface area contributed by atoms with Crippen LogP contribution in [0.2, 0.25) is 0 Å². The van der Waals surface area contributed by atoms with E-state index in [2.05, 4.69) is 15.0 Å². The van der Waals surface area contributed by atoms with Crippen molar-refractivity contribution in [2.24, 2.45) is 0 Å². The summed E-state index contributed by atoms with van der Waals surface area (Å²) in [6.45, 7) is 4.00. The zero-order valence-corrected chi connectivity index (χ0v) is 12.1. The Hall–Kier alpha value is -2.75. The molecule has 106 valence electrons. The van der Waals surface area contributed by atoms with Crippen molar-refractivity contribution in [1.82, 2.24) is 15.0 Å². The second kappa shape index (κ2) is 7.14. The van der Waals surface area contributed by atoms with Gasteiger partial charge >= 0.3 is 5.69 Å². The molecule has 1 heterocycles. The summed E-state index contributed by atoms with van der Waals surface area (Å²) in [6.07, 6.45) is 0. The van der Waals surface area contributed by atoms with Crippen molar-refractivity contribution in [3.05, 3.63) is 71.1 Å². The summed E-state index contributed by atoms with van der Waals surface area (Å²) in [5.74, 6) is 0.961. The van der Waals surface area contributed by atoms with Crippen LogP contribution in [0.25, 0.3) is 22.8 Å². The fourth-order valence-corrected chi connectivity index (χ4v) is 1.83. The predicted octanol–water partition coefficient (Wildman–Crippen LogP) is 3.53. The molecule has 0 amide bonds. The average molecular weight is 279 g/mol. The lowest BCUT2D eigenvalue weighted by molar-refractivity contribution is 1.00. The Balaban J connectivity index is 0.000000774. The number of nitrogens with one attached hydrogen (secondary N) is 1. The molecule has 21 heavy (non-hydrogen) atoms. The van der Waals surface area contributed by atoms with E-state index in [0.29, 0.717) is 11.6 Å². The molecular weight excluding hydrogens is 262 g/mol. The lowest BCUT2D eigenvalue weighted by atomic mass is 10.2. The molecule has 0 aliphatic rings. The van der Waals surface area contributed by atoms with Crippen LogP contribution in [0.4, 0.5) is 0 Å². The van der Waals surface area contributed by atoms with Crippen LogP contribution in [0.5, 0.6) is 0 Å². The van der Waals surface area contributed by atoms with Gasteiger partial charge in [0.2, 0.25) is 0 Å². The first-order valence-electron chi connectivity index (χ1n) is 6.92. The lowest BCUT2D eigenvalue weighted by Crippen LogP contribution is -2.14. The Kier molecular flexibility index (Phi) is 4.99. The third-order valence-corrected chi connectivity index (χ3v) is 2.73. The molecule has 0 aliphatic heterocycles. The van der Waals surface area contributed by atoms with Crippen LogP contribution in [-0.4, -0.2) is 15.0 Å². The summed E-state index contributed by atoms with van der Waals surface area (Å²) in [5, 5.41) is 0. The van der Waals surface area contributed by atoms with Gasteiger partial charge in [-0.05, 0) is 0 Å². The third kappa shape index (κ3) is 3.63. The average Bonchev–Trinajstić information content (AvgIpc) is 2.58. The standard InChI is InChI=1S/C15H11N3O.C2H6/c19-15-17-13(11-7-3-1-4-8-11)16-14(18-15)12-9-5-2-6-10-12;1-2/h1-10H,(H,16,17,18,19);1-2H3. The molecule has 1 aromatic heterocycles. The van der Waals surface area contributed by atoms with Gasteiger partial charge in [0.25, 0.3) is 0 Å². The highest BCUT2D eigenvalue weighted by atomic mass is 16.1. The molecule has 3 rings (SSSR count). The van der Waals surface area contributed by atoms with Crippen molar-refractivity contribution < 1.29 is 0 Å². The number of aromatic nitrogens is 3. The predicted molar refractivity (Wildman–Crippen MR) is 84.9 cm³/mol. The SMILES string of the molecule is CC.O=c1nc(-c2ccccc2)nc(-c2ccccc2)[nH]1. The number of rotatable bonds is 2. The van der Waals surface area contributed by atoms with E-state index >= 15 is 0 Å². The van der Waals surface area contributed by atoms with Crippen molar-refractivity contribution in [3.8, 4) is 22.8 Å². The molecule has 0 atom stereocenters. The first-order chi connectivity index (χ1) is 10.3. The van der Waals surface area contributed by atoms with Gasteiger partial charge in [-0.15, -0.1) is 0 Å². The molecular formula is C17H17N3O. The fraction of sp³-hybridized carbons (Fsp3) is 0.118. The van der Waals surface area contributed by atoms with E-state index in [4.69, 9.17) is 0 Å². The largest absolute Gasteiger partial charge is 0.348 e. The van der Waals surface area contributed by atoms with E-state index in [-0.39, 0.29) is 0 Å². The van der Waals surface area contributed by atoms with Crippen molar-refractivity contribution in [1.29, 1.82) is 0 Å². The first-order valence-corrected chi connectivity index (χ1v) is 6.92. The highest BCUT2D eigenvalue weighted by Crippen LogP contribution is 2.17. The third-order valence-electron chi connectivity index (χ3n) is 2.73. The number of nitrogens with zero attached hydrogens (tertiary/aromatic N) is 2. The van der Waals surface area contributed by atoms with Crippen molar-refractivity contribution in [2.45, 2.75) is 13.8 Å². The van der Waals surface area contributed by atoms with Gasteiger partial charge in [-0.25, -0.2) is 9.78 Å². The maximum absolute atomic E-state index is 11.7. The Labute approximate surface area is 123 Å². The summed E-state index contributed by atoms with van der Waals surface area (Å²) in [4.78, 5) is 22.6. The van der Waals surface area contributed by atoms with E-state index in [1.807, 2.05) is 74.5 Å². The minimum Gasteiger partial charge on any atom is -0.290 e. The van der Waals surface area contributed by atoms with E-state index in [0.717, 1.165) is 11.1 Å². The van der Waals surface area contributed by atoms with Gasteiger partial charge in [-0.3, -0.25) is 4.98 Å². The normalized spacial score (nSPS) is 9.62. The van der Waals surface area contributed by atoms with Gasteiger partial charge in [-0.1, -0.05) is 74.5 Å². The molecule has 2 aromatic carbocycles. The molecule has 0 spiro atoms. The van der Waals surface area contributed by atoms with Crippen molar-refractivity contribution in [3.63, 3.8) is 0 Å². The van der Waals surface area contributed by atoms with Crippen molar-refractivity contribution in [2.75, 3.05) is 0 Å². The summed E-state index contributed by atoms with van der Waals surface area (Å²) < 4.78 is 0. The van der Waals surface area contributed by atoms with Crippen LogP contribution >= 0.6 is 0 Å². The quantitative estimate of drug-likeness (QED) is 0.780. The van der Waals surface area contributed by atoms with Crippen LogP contribution in [0, 0.1) is 0 Å². The molecule has 4 nitrogen and oxygen atoms in total. The molecule has 3 aromatic rings. The van der Waals surface area contributed by atoms with E-state index in [9.17, 15) is 4.79 Å². The fourth-order valence-electron chi connectivity index (χ4n) is 1.83. The molecule has 0 aliphatic carbocycles. The van der Waals surface area contributed by atoms with Crippen LogP contribution in [-0.2, 0) is 0 Å². The number of aromatic amines is 1. The minimum absolute atomic E-state index is 0.396. The first kappa shape index (κ1) is 14.7. The highest BCUT2D eigenvalue weighted by Gasteiger charge is 2.06. The zero-order valence-electron chi connectivity index (χ0n) is 12.1. The molecule has 1 N–H and O–H groups in total. The number of hydrogen-bond donors (Lipinski definition) is 1. The van der Waals surface area contributed by atoms with Crippen LogP contribution in [0.1, 0.15) is 13.8 Å². The summed E-state index contributed by atoms with van der Waals surface area (Å²) in [5.41, 5.74) is 1.29. The molecule has 4 heteroatoms. The molecule has 0 bridgehead atoms. The molecule has 0 fully saturated rings.